The van der Waals surface area contributed by atoms with Gasteiger partial charge in [0.1, 0.15) is 12.6 Å². The Morgan fingerprint density at radius 2 is 1.27 bits per heavy atom. The van der Waals surface area contributed by atoms with E-state index in [4.69, 9.17) is 4.79 Å². The first kappa shape index (κ1) is 16.8. The molecule has 0 aromatic rings. The third-order valence-corrected chi connectivity index (χ3v) is 2.38. The maximum atomic E-state index is 10.6. The number of hydrogen-bond acceptors (Lipinski definition) is 2. The number of ketones is 1. The summed E-state index contributed by atoms with van der Waals surface area (Å²) in [6, 6.07) is 0. The molecule has 0 N–H and O–H groups in total. The molecule has 90 valence electrons. The molecule has 2 heteroatoms. The number of Topliss-reactive ketones (excluding diaryl/α,β-unsaturated/α-hetero) is 1. The number of rotatable bonds is 9. The van der Waals surface area contributed by atoms with Crippen LogP contribution in [0.5, 0.6) is 0 Å². The summed E-state index contributed by atoms with van der Waals surface area (Å²) in [4.78, 5) is 18.6. The zero-order valence-corrected chi connectivity index (χ0v) is 10.4. The van der Waals surface area contributed by atoms with E-state index in [-0.39, 0.29) is 0 Å². The Kier molecular flexibility index (Phi) is 17.6. The molecule has 0 fully saturated rings. The quantitative estimate of drug-likeness (QED) is 0.545. The van der Waals surface area contributed by atoms with Crippen LogP contribution in [0.1, 0.15) is 71.6 Å². The molecule has 0 rings (SSSR count). The summed E-state index contributed by atoms with van der Waals surface area (Å²) in [6.07, 6.45) is 11.3. The van der Waals surface area contributed by atoms with E-state index in [9.17, 15) is 4.79 Å². The zero-order chi connectivity index (χ0) is 11.9. The molecule has 0 bridgehead atoms. The summed E-state index contributed by atoms with van der Waals surface area (Å²) in [6.45, 7) is 5.92. The normalized spacial score (nSPS) is 9.20. The molecule has 0 aliphatic carbocycles. The highest BCUT2D eigenvalue weighted by Gasteiger charge is 1.93. The molecule has 0 spiro atoms. The molecule has 0 saturated carbocycles. The van der Waals surface area contributed by atoms with Crippen molar-refractivity contribution in [3.63, 3.8) is 0 Å². The van der Waals surface area contributed by atoms with E-state index < -0.39 is 0 Å². The lowest BCUT2D eigenvalue weighted by Gasteiger charge is -1.99. The number of hydrogen-bond donors (Lipinski definition) is 0. The Morgan fingerprint density at radius 1 is 0.867 bits per heavy atom. The van der Waals surface area contributed by atoms with Crippen LogP contribution in [-0.4, -0.2) is 12.6 Å². The highest BCUT2D eigenvalue weighted by Crippen LogP contribution is 2.09. The summed E-state index contributed by atoms with van der Waals surface area (Å²) < 4.78 is 0. The molecule has 0 aromatic carbocycles. The minimum atomic E-state index is 0.339. The van der Waals surface area contributed by atoms with E-state index in [0.717, 1.165) is 12.8 Å². The van der Waals surface area contributed by atoms with Gasteiger partial charge in [0, 0.05) is 6.42 Å². The molecular formula is C13H26O2. The molecule has 0 aliphatic rings. The molecule has 15 heavy (non-hydrogen) atoms. The molecule has 2 nitrogen and oxygen atoms in total. The Balaban J connectivity index is 0. The van der Waals surface area contributed by atoms with Gasteiger partial charge in [-0.2, -0.15) is 0 Å². The van der Waals surface area contributed by atoms with Gasteiger partial charge in [0.2, 0.25) is 0 Å². The van der Waals surface area contributed by atoms with Gasteiger partial charge in [-0.15, -0.1) is 0 Å². The summed E-state index contributed by atoms with van der Waals surface area (Å²) in [5, 5.41) is 0. The second-order valence-corrected chi connectivity index (χ2v) is 3.93. The van der Waals surface area contributed by atoms with Crippen molar-refractivity contribution >= 4 is 12.6 Å². The van der Waals surface area contributed by atoms with Crippen molar-refractivity contribution < 1.29 is 9.59 Å². The minimum absolute atomic E-state index is 0.339. The van der Waals surface area contributed by atoms with Crippen LogP contribution in [0.25, 0.3) is 0 Å². The van der Waals surface area contributed by atoms with Crippen LogP contribution < -0.4 is 0 Å². The molecule has 0 aliphatic heterocycles. The van der Waals surface area contributed by atoms with Gasteiger partial charge >= 0.3 is 0 Å². The zero-order valence-electron chi connectivity index (χ0n) is 10.4. The van der Waals surface area contributed by atoms with E-state index in [2.05, 4.69) is 6.92 Å². The van der Waals surface area contributed by atoms with Crippen LogP contribution >= 0.6 is 0 Å². The van der Waals surface area contributed by atoms with Crippen molar-refractivity contribution in [2.45, 2.75) is 71.6 Å². The minimum Gasteiger partial charge on any atom is -0.307 e. The summed E-state index contributed by atoms with van der Waals surface area (Å²) in [5.74, 6) is 0.339. The van der Waals surface area contributed by atoms with Gasteiger partial charge in [-0.05, 0) is 13.3 Å². The number of carbonyl (C=O) groups is 2. The van der Waals surface area contributed by atoms with E-state index in [1.54, 1.807) is 6.92 Å². The van der Waals surface area contributed by atoms with Crippen molar-refractivity contribution in [2.75, 3.05) is 0 Å². The van der Waals surface area contributed by atoms with Gasteiger partial charge < -0.3 is 9.59 Å². The largest absolute Gasteiger partial charge is 0.307 e. The Hall–Kier alpha value is -0.660. The van der Waals surface area contributed by atoms with Crippen molar-refractivity contribution in [1.82, 2.24) is 0 Å². The van der Waals surface area contributed by atoms with E-state index in [1.165, 1.54) is 44.9 Å². The van der Waals surface area contributed by atoms with Crippen LogP contribution in [0.3, 0.4) is 0 Å². The second kappa shape index (κ2) is 15.8. The van der Waals surface area contributed by atoms with Gasteiger partial charge in [0.25, 0.3) is 0 Å². The third-order valence-electron chi connectivity index (χ3n) is 2.38. The molecule has 0 amide bonds. The smallest absolute Gasteiger partial charge is 0.129 e. The van der Waals surface area contributed by atoms with Gasteiger partial charge in [-0.3, -0.25) is 0 Å². The maximum absolute atomic E-state index is 10.6. The highest BCUT2D eigenvalue weighted by atomic mass is 16.1. The van der Waals surface area contributed by atoms with Crippen LogP contribution in [-0.2, 0) is 9.59 Å². The maximum Gasteiger partial charge on any atom is 0.129 e. The lowest BCUT2D eigenvalue weighted by molar-refractivity contribution is -0.117. The predicted molar refractivity (Wildman–Crippen MR) is 65.0 cm³/mol. The fourth-order valence-corrected chi connectivity index (χ4v) is 1.51. The average molecular weight is 214 g/mol. The van der Waals surface area contributed by atoms with Crippen molar-refractivity contribution in [2.24, 2.45) is 0 Å². The molecule has 0 unspecified atom stereocenters. The fourth-order valence-electron chi connectivity index (χ4n) is 1.51. The monoisotopic (exact) mass is 214 g/mol. The summed E-state index contributed by atoms with van der Waals surface area (Å²) in [7, 11) is 0. The summed E-state index contributed by atoms with van der Waals surface area (Å²) in [5.41, 5.74) is 0. The second-order valence-electron chi connectivity index (χ2n) is 3.93. The van der Waals surface area contributed by atoms with Crippen LogP contribution in [0.2, 0.25) is 0 Å². The van der Waals surface area contributed by atoms with E-state index >= 15 is 0 Å². The predicted octanol–water partition coefficient (Wildman–Crippen LogP) is 3.92. The number of carbonyl (C=O) groups excluding carboxylic acids is 2. The van der Waals surface area contributed by atoms with Gasteiger partial charge in [0.15, 0.2) is 0 Å². The lowest BCUT2D eigenvalue weighted by Crippen LogP contribution is -1.89. The first-order chi connectivity index (χ1) is 7.27. The summed E-state index contributed by atoms with van der Waals surface area (Å²) >= 11 is 0. The van der Waals surface area contributed by atoms with Gasteiger partial charge in [-0.1, -0.05) is 51.9 Å². The Morgan fingerprint density at radius 3 is 1.67 bits per heavy atom. The van der Waals surface area contributed by atoms with Crippen LogP contribution in [0, 0.1) is 0 Å². The molecule has 0 aromatic heterocycles. The van der Waals surface area contributed by atoms with Crippen LogP contribution in [0.15, 0.2) is 0 Å². The third kappa shape index (κ3) is 19.7. The fraction of sp³-hybridized carbons (Fsp3) is 0.846. The Bertz CT molecular complexity index is 132. The lowest BCUT2D eigenvalue weighted by atomic mass is 10.1. The van der Waals surface area contributed by atoms with Crippen molar-refractivity contribution in [3.05, 3.63) is 0 Å². The molecule has 0 radical (unpaired) electrons. The van der Waals surface area contributed by atoms with Crippen molar-refractivity contribution in [1.29, 1.82) is 0 Å². The number of unbranched alkanes of at least 4 members (excludes halogenated alkanes) is 7. The standard InChI is InChI=1S/C12H24O.CH2O/c1-3-4-5-6-7-8-9-10-11-12(2)13;1-2/h3-11H2,1-2H3;1H2. The molecule has 0 saturated heterocycles. The topological polar surface area (TPSA) is 34.1 Å². The first-order valence-corrected chi connectivity index (χ1v) is 6.05. The molecular weight excluding hydrogens is 188 g/mol. The van der Waals surface area contributed by atoms with E-state index in [0.29, 0.717) is 5.78 Å². The average Bonchev–Trinajstić information content (AvgIpc) is 2.24. The molecule has 0 heterocycles. The molecule has 0 atom stereocenters. The SMILES string of the molecule is C=O.CCCCCCCCCCC(C)=O. The first-order valence-electron chi connectivity index (χ1n) is 6.05. The van der Waals surface area contributed by atoms with Gasteiger partial charge in [0.05, 0.1) is 0 Å². The van der Waals surface area contributed by atoms with Crippen LogP contribution in [0.4, 0.5) is 0 Å². The Labute approximate surface area is 94.4 Å². The van der Waals surface area contributed by atoms with E-state index in [1.807, 2.05) is 6.79 Å². The highest BCUT2D eigenvalue weighted by molar-refractivity contribution is 5.75. The van der Waals surface area contributed by atoms with Crippen molar-refractivity contribution in [3.8, 4) is 0 Å². The van der Waals surface area contributed by atoms with Gasteiger partial charge in [-0.25, -0.2) is 0 Å².